The fraction of sp³-hybridized carbons (Fsp3) is 1.00. The minimum absolute atomic E-state index is 0.378. The van der Waals surface area contributed by atoms with Crippen molar-refractivity contribution in [3.8, 4) is 0 Å². The van der Waals surface area contributed by atoms with Crippen LogP contribution >= 0.6 is 24.6 Å². The Morgan fingerprint density at radius 2 is 2.71 bits per heavy atom. The molecule has 0 radical (unpaired) electrons. The van der Waals surface area contributed by atoms with Gasteiger partial charge in [0.15, 0.2) is 0 Å². The van der Waals surface area contributed by atoms with Crippen LogP contribution in [0.25, 0.3) is 0 Å². The first-order valence-corrected chi connectivity index (χ1v) is 3.67. The van der Waals surface area contributed by atoms with Crippen molar-refractivity contribution < 1.29 is 0 Å². The summed E-state index contributed by atoms with van der Waals surface area (Å²) < 4.78 is 2.81. The van der Waals surface area contributed by atoms with E-state index in [2.05, 4.69) is 22.9 Å². The van der Waals surface area contributed by atoms with Crippen LogP contribution in [0.3, 0.4) is 0 Å². The van der Waals surface area contributed by atoms with Gasteiger partial charge in [-0.15, -0.1) is 11.8 Å². The third-order valence-corrected chi connectivity index (χ3v) is 2.32. The van der Waals surface area contributed by atoms with E-state index in [9.17, 15) is 0 Å². The van der Waals surface area contributed by atoms with Gasteiger partial charge in [-0.2, -0.15) is 0 Å². The largest absolute Gasteiger partial charge is 0.292 e. The van der Waals surface area contributed by atoms with E-state index in [1.807, 2.05) is 11.8 Å². The first kappa shape index (κ1) is 5.75. The summed E-state index contributed by atoms with van der Waals surface area (Å²) in [5, 5.41) is 3.18. The summed E-state index contributed by atoms with van der Waals surface area (Å²) in [6.07, 6.45) is 0. The molecule has 1 heterocycles. The summed E-state index contributed by atoms with van der Waals surface area (Å²) in [5.74, 6) is 1.19. The van der Waals surface area contributed by atoms with E-state index in [0.717, 1.165) is 6.54 Å². The Balaban J connectivity index is 2.14. The molecule has 1 unspecified atom stereocenters. The number of hydrogen-bond donors (Lipinski definition) is 3. The van der Waals surface area contributed by atoms with E-state index < -0.39 is 0 Å². The molecule has 0 saturated carbocycles. The molecule has 0 spiro atoms. The Morgan fingerprint density at radius 3 is 3.00 bits per heavy atom. The molecule has 2 nitrogen and oxygen atoms in total. The maximum absolute atomic E-state index is 3.88. The normalized spacial score (nSPS) is 31.3. The maximum atomic E-state index is 3.88. The molecule has 0 aromatic heterocycles. The van der Waals surface area contributed by atoms with Crippen LogP contribution in [0, 0.1) is 0 Å². The maximum Gasteiger partial charge on any atom is 0.114 e. The lowest BCUT2D eigenvalue weighted by Crippen LogP contribution is -2.28. The average molecular weight is 136 g/mol. The molecule has 1 aliphatic rings. The molecule has 0 bridgehead atoms. The molecule has 4 heteroatoms. The molecular formula is C3H8N2S2. The van der Waals surface area contributed by atoms with Gasteiger partial charge in [-0.05, 0) is 0 Å². The Bertz CT molecular complexity index is 52.9. The molecule has 0 aromatic rings. The molecule has 0 amide bonds. The van der Waals surface area contributed by atoms with Gasteiger partial charge in [0.05, 0.1) is 0 Å². The SMILES string of the molecule is SNC1NCCS1. The first-order chi connectivity index (χ1) is 3.43. The van der Waals surface area contributed by atoms with E-state index in [4.69, 9.17) is 0 Å². The van der Waals surface area contributed by atoms with E-state index in [1.165, 1.54) is 5.75 Å². The first-order valence-electron chi connectivity index (χ1n) is 2.18. The number of nitrogens with one attached hydrogen (secondary N) is 2. The highest BCUT2D eigenvalue weighted by Crippen LogP contribution is 2.09. The highest BCUT2D eigenvalue weighted by Gasteiger charge is 2.10. The van der Waals surface area contributed by atoms with Crippen molar-refractivity contribution in [2.24, 2.45) is 0 Å². The van der Waals surface area contributed by atoms with Crippen LogP contribution in [0.5, 0.6) is 0 Å². The molecule has 1 fully saturated rings. The van der Waals surface area contributed by atoms with Crippen molar-refractivity contribution in [3.05, 3.63) is 0 Å². The second-order valence-corrected chi connectivity index (χ2v) is 2.81. The smallest absolute Gasteiger partial charge is 0.114 e. The van der Waals surface area contributed by atoms with E-state index in [-0.39, 0.29) is 0 Å². The lowest BCUT2D eigenvalue weighted by atomic mass is 10.8. The molecule has 1 atom stereocenters. The number of thioether (sulfide) groups is 1. The van der Waals surface area contributed by atoms with E-state index >= 15 is 0 Å². The Kier molecular flexibility index (Phi) is 2.31. The Hall–Kier alpha value is 0.620. The van der Waals surface area contributed by atoms with Crippen LogP contribution in [0.2, 0.25) is 0 Å². The molecule has 1 rings (SSSR count). The summed E-state index contributed by atoms with van der Waals surface area (Å²) in [6, 6.07) is 0. The highest BCUT2D eigenvalue weighted by atomic mass is 32.2. The van der Waals surface area contributed by atoms with Crippen LogP contribution in [0.15, 0.2) is 0 Å². The van der Waals surface area contributed by atoms with E-state index in [0.29, 0.717) is 5.50 Å². The molecule has 42 valence electrons. The van der Waals surface area contributed by atoms with Crippen molar-refractivity contribution in [2.45, 2.75) is 5.50 Å². The van der Waals surface area contributed by atoms with Gasteiger partial charge in [-0.3, -0.25) is 5.32 Å². The third kappa shape index (κ3) is 1.53. The van der Waals surface area contributed by atoms with Crippen LogP contribution < -0.4 is 10.0 Å². The predicted octanol–water partition coefficient (Wildman–Crippen LogP) is 0.0408. The van der Waals surface area contributed by atoms with Gasteiger partial charge in [0.25, 0.3) is 0 Å². The van der Waals surface area contributed by atoms with Crippen molar-refractivity contribution in [3.63, 3.8) is 0 Å². The second-order valence-electron chi connectivity index (χ2n) is 1.33. The predicted molar refractivity (Wildman–Crippen MR) is 36.4 cm³/mol. The van der Waals surface area contributed by atoms with Gasteiger partial charge >= 0.3 is 0 Å². The summed E-state index contributed by atoms with van der Waals surface area (Å²) in [5.41, 5.74) is 0.378. The molecule has 2 N–H and O–H groups in total. The van der Waals surface area contributed by atoms with Crippen LogP contribution in [0.4, 0.5) is 0 Å². The van der Waals surface area contributed by atoms with Crippen molar-refractivity contribution in [2.75, 3.05) is 12.3 Å². The van der Waals surface area contributed by atoms with Gasteiger partial charge in [-0.25, -0.2) is 4.72 Å². The molecule has 7 heavy (non-hydrogen) atoms. The van der Waals surface area contributed by atoms with Gasteiger partial charge in [0, 0.05) is 12.3 Å². The molecular weight excluding hydrogens is 128 g/mol. The van der Waals surface area contributed by atoms with E-state index in [1.54, 1.807) is 0 Å². The minimum Gasteiger partial charge on any atom is -0.292 e. The fourth-order valence-corrected chi connectivity index (χ4v) is 1.61. The quantitative estimate of drug-likeness (QED) is 0.444. The zero-order chi connectivity index (χ0) is 5.11. The van der Waals surface area contributed by atoms with Crippen molar-refractivity contribution >= 4 is 24.6 Å². The summed E-state index contributed by atoms with van der Waals surface area (Å²) in [4.78, 5) is 0. The topological polar surface area (TPSA) is 24.1 Å². The lowest BCUT2D eigenvalue weighted by molar-refractivity contribution is 0.705. The summed E-state index contributed by atoms with van der Waals surface area (Å²) in [7, 11) is 0. The zero-order valence-electron chi connectivity index (χ0n) is 3.85. The third-order valence-electron chi connectivity index (χ3n) is 0.834. The standard InChI is InChI=1S/C3H8N2S2/c6-5-3-4-1-2-7-3/h3-6H,1-2H2. The summed E-state index contributed by atoms with van der Waals surface area (Å²) in [6.45, 7) is 1.10. The molecule has 1 aliphatic heterocycles. The van der Waals surface area contributed by atoms with Gasteiger partial charge in [0.2, 0.25) is 0 Å². The van der Waals surface area contributed by atoms with Crippen molar-refractivity contribution in [1.82, 2.24) is 10.0 Å². The number of rotatable bonds is 1. The fourth-order valence-electron chi connectivity index (χ4n) is 0.509. The lowest BCUT2D eigenvalue weighted by Gasteiger charge is -2.03. The number of thiol groups is 1. The van der Waals surface area contributed by atoms with Gasteiger partial charge in [-0.1, -0.05) is 12.8 Å². The molecule has 0 aliphatic carbocycles. The Morgan fingerprint density at radius 1 is 1.86 bits per heavy atom. The zero-order valence-corrected chi connectivity index (χ0v) is 5.56. The monoisotopic (exact) mass is 136 g/mol. The molecule has 1 saturated heterocycles. The van der Waals surface area contributed by atoms with Crippen LogP contribution in [-0.4, -0.2) is 17.8 Å². The average Bonchev–Trinajstić information content (AvgIpc) is 2.14. The Labute approximate surface area is 53.0 Å². The van der Waals surface area contributed by atoms with Crippen LogP contribution in [-0.2, 0) is 0 Å². The van der Waals surface area contributed by atoms with Gasteiger partial charge < -0.3 is 0 Å². The van der Waals surface area contributed by atoms with Gasteiger partial charge in [0.1, 0.15) is 5.50 Å². The molecule has 0 aromatic carbocycles. The summed E-state index contributed by atoms with van der Waals surface area (Å²) >= 11 is 5.73. The second kappa shape index (κ2) is 2.81. The van der Waals surface area contributed by atoms with Crippen molar-refractivity contribution in [1.29, 1.82) is 0 Å². The van der Waals surface area contributed by atoms with Crippen LogP contribution in [0.1, 0.15) is 0 Å². The minimum atomic E-state index is 0.378. The highest BCUT2D eigenvalue weighted by molar-refractivity contribution is 8.00. The number of hydrogen-bond acceptors (Lipinski definition) is 4.